The zero-order chi connectivity index (χ0) is 21.1. The lowest BCUT2D eigenvalue weighted by Gasteiger charge is -2.30. The molecule has 0 atom stereocenters. The molecule has 156 valence electrons. The standard InChI is InChI=1S/C22H29N3O4/c1-14(2)25(15(3)4)20(26)13-29-22(28)16-9-10-17-18(12-16)23-19-8-6-5-7-11-24(19)21(17)27/h9-10,12,14-15H,5-8,11,13H2,1-4H3. The lowest BCUT2D eigenvalue weighted by Crippen LogP contribution is -2.44. The quantitative estimate of drug-likeness (QED) is 0.722. The smallest absolute Gasteiger partial charge is 0.338 e. The number of hydrogen-bond donors (Lipinski definition) is 0. The predicted molar refractivity (Wildman–Crippen MR) is 111 cm³/mol. The van der Waals surface area contributed by atoms with Crippen molar-refractivity contribution in [2.45, 2.75) is 72.0 Å². The lowest BCUT2D eigenvalue weighted by atomic mass is 10.1. The molecule has 1 aliphatic heterocycles. The van der Waals surface area contributed by atoms with Gasteiger partial charge in [0.1, 0.15) is 5.82 Å². The molecule has 2 aromatic rings. The van der Waals surface area contributed by atoms with Crippen LogP contribution in [0.25, 0.3) is 10.9 Å². The maximum absolute atomic E-state index is 12.8. The minimum absolute atomic E-state index is 0.0225. The number of rotatable bonds is 5. The molecule has 0 spiro atoms. The van der Waals surface area contributed by atoms with E-state index in [1.807, 2.05) is 27.7 Å². The van der Waals surface area contributed by atoms with Crippen molar-refractivity contribution in [1.82, 2.24) is 14.5 Å². The molecule has 2 heterocycles. The number of aromatic nitrogens is 2. The van der Waals surface area contributed by atoms with E-state index in [0.717, 1.165) is 31.5 Å². The number of nitrogens with zero attached hydrogens (tertiary/aromatic N) is 3. The van der Waals surface area contributed by atoms with Gasteiger partial charge in [0.15, 0.2) is 6.61 Å². The van der Waals surface area contributed by atoms with Gasteiger partial charge in [-0.25, -0.2) is 9.78 Å². The van der Waals surface area contributed by atoms with Crippen molar-refractivity contribution in [2.75, 3.05) is 6.61 Å². The molecule has 0 saturated carbocycles. The van der Waals surface area contributed by atoms with Gasteiger partial charge in [-0.15, -0.1) is 0 Å². The van der Waals surface area contributed by atoms with Gasteiger partial charge in [-0.3, -0.25) is 14.2 Å². The Labute approximate surface area is 170 Å². The van der Waals surface area contributed by atoms with E-state index in [1.165, 1.54) is 0 Å². The van der Waals surface area contributed by atoms with Crippen LogP contribution >= 0.6 is 0 Å². The van der Waals surface area contributed by atoms with E-state index in [0.29, 0.717) is 17.4 Å². The number of carbonyl (C=O) groups excluding carboxylic acids is 2. The monoisotopic (exact) mass is 399 g/mol. The van der Waals surface area contributed by atoms with E-state index >= 15 is 0 Å². The fraction of sp³-hybridized carbons (Fsp3) is 0.545. The molecule has 1 aromatic heterocycles. The topological polar surface area (TPSA) is 81.5 Å². The Morgan fingerprint density at radius 1 is 1.14 bits per heavy atom. The third-order valence-corrected chi connectivity index (χ3v) is 5.28. The van der Waals surface area contributed by atoms with Crippen LogP contribution in [0, 0.1) is 0 Å². The first-order valence-corrected chi connectivity index (χ1v) is 10.3. The van der Waals surface area contributed by atoms with Crippen molar-refractivity contribution in [3.05, 3.63) is 39.9 Å². The van der Waals surface area contributed by atoms with Crippen molar-refractivity contribution in [3.63, 3.8) is 0 Å². The summed E-state index contributed by atoms with van der Waals surface area (Å²) in [5.74, 6) is -0.0550. The van der Waals surface area contributed by atoms with Gasteiger partial charge >= 0.3 is 5.97 Å². The highest BCUT2D eigenvalue weighted by atomic mass is 16.5. The molecule has 0 unspecified atom stereocenters. The summed E-state index contributed by atoms with van der Waals surface area (Å²) in [7, 11) is 0. The molecule has 3 rings (SSSR count). The Kier molecular flexibility index (Phi) is 6.35. The Hall–Kier alpha value is -2.70. The highest BCUT2D eigenvalue weighted by Crippen LogP contribution is 2.17. The fourth-order valence-electron chi connectivity index (χ4n) is 4.00. The average Bonchev–Trinajstić information content (AvgIpc) is 2.91. The van der Waals surface area contributed by atoms with Gasteiger partial charge in [-0.05, 0) is 58.7 Å². The van der Waals surface area contributed by atoms with Crippen molar-refractivity contribution < 1.29 is 14.3 Å². The summed E-state index contributed by atoms with van der Waals surface area (Å²) in [6.45, 7) is 8.08. The summed E-state index contributed by atoms with van der Waals surface area (Å²) in [6.07, 6.45) is 3.81. The molecule has 7 nitrogen and oxygen atoms in total. The molecular formula is C22H29N3O4. The molecule has 29 heavy (non-hydrogen) atoms. The number of carbonyl (C=O) groups is 2. The van der Waals surface area contributed by atoms with Gasteiger partial charge in [0, 0.05) is 25.0 Å². The Morgan fingerprint density at radius 2 is 1.86 bits per heavy atom. The molecule has 7 heteroatoms. The second kappa shape index (κ2) is 8.76. The SMILES string of the molecule is CC(C)N(C(=O)COC(=O)c1ccc2c(=O)n3c(nc2c1)CCCCC3)C(C)C. The number of esters is 1. The highest BCUT2D eigenvalue weighted by Gasteiger charge is 2.22. The van der Waals surface area contributed by atoms with Gasteiger partial charge in [-0.2, -0.15) is 0 Å². The maximum Gasteiger partial charge on any atom is 0.338 e. The van der Waals surface area contributed by atoms with Gasteiger partial charge in [0.2, 0.25) is 0 Å². The molecule has 0 N–H and O–H groups in total. The molecular weight excluding hydrogens is 370 g/mol. The van der Waals surface area contributed by atoms with Crippen LogP contribution in [0.15, 0.2) is 23.0 Å². The molecule has 0 fully saturated rings. The van der Waals surface area contributed by atoms with Crippen molar-refractivity contribution in [3.8, 4) is 0 Å². The normalized spacial score (nSPS) is 14.0. The summed E-state index contributed by atoms with van der Waals surface area (Å²) in [5, 5.41) is 0.495. The molecule has 1 aliphatic rings. The number of hydrogen-bond acceptors (Lipinski definition) is 5. The van der Waals surface area contributed by atoms with Crippen molar-refractivity contribution in [2.24, 2.45) is 0 Å². The lowest BCUT2D eigenvalue weighted by molar-refractivity contribution is -0.138. The van der Waals surface area contributed by atoms with Crippen molar-refractivity contribution in [1.29, 1.82) is 0 Å². The van der Waals surface area contributed by atoms with Crippen LogP contribution in [0.3, 0.4) is 0 Å². The number of benzene rings is 1. The highest BCUT2D eigenvalue weighted by molar-refractivity contribution is 5.95. The summed E-state index contributed by atoms with van der Waals surface area (Å²) in [6, 6.07) is 4.81. The minimum Gasteiger partial charge on any atom is -0.452 e. The maximum atomic E-state index is 12.8. The van der Waals surface area contributed by atoms with E-state index in [-0.39, 0.29) is 35.7 Å². The number of amides is 1. The largest absolute Gasteiger partial charge is 0.452 e. The molecule has 1 amide bonds. The third kappa shape index (κ3) is 4.49. The zero-order valence-corrected chi connectivity index (χ0v) is 17.6. The molecule has 0 radical (unpaired) electrons. The molecule has 0 bridgehead atoms. The first-order valence-electron chi connectivity index (χ1n) is 10.3. The van der Waals surface area contributed by atoms with E-state index in [4.69, 9.17) is 4.74 Å². The second-order valence-corrected chi connectivity index (χ2v) is 8.09. The number of fused-ring (bicyclic) bond motifs is 2. The van der Waals surface area contributed by atoms with Crippen LogP contribution in [-0.4, -0.2) is 45.0 Å². The van der Waals surface area contributed by atoms with Crippen LogP contribution in [0.5, 0.6) is 0 Å². The average molecular weight is 399 g/mol. The first-order chi connectivity index (χ1) is 13.8. The van der Waals surface area contributed by atoms with E-state index in [9.17, 15) is 14.4 Å². The summed E-state index contributed by atoms with van der Waals surface area (Å²) in [4.78, 5) is 44.0. The second-order valence-electron chi connectivity index (χ2n) is 8.09. The van der Waals surface area contributed by atoms with E-state index in [1.54, 1.807) is 27.7 Å². The summed E-state index contributed by atoms with van der Waals surface area (Å²) < 4.78 is 6.99. The first kappa shape index (κ1) is 21.0. The van der Waals surface area contributed by atoms with Gasteiger partial charge < -0.3 is 9.64 Å². The fourth-order valence-corrected chi connectivity index (χ4v) is 4.00. The number of aryl methyl sites for hydroxylation is 1. The Morgan fingerprint density at radius 3 is 2.55 bits per heavy atom. The molecule has 1 aromatic carbocycles. The van der Waals surface area contributed by atoms with Crippen LogP contribution in [0.1, 0.15) is 63.1 Å². The Balaban J connectivity index is 1.80. The van der Waals surface area contributed by atoms with Crippen LogP contribution in [0.2, 0.25) is 0 Å². The Bertz CT molecular complexity index is 970. The van der Waals surface area contributed by atoms with Crippen LogP contribution in [0.4, 0.5) is 0 Å². The van der Waals surface area contributed by atoms with E-state index < -0.39 is 5.97 Å². The summed E-state index contributed by atoms with van der Waals surface area (Å²) in [5.41, 5.74) is 0.720. The third-order valence-electron chi connectivity index (χ3n) is 5.28. The van der Waals surface area contributed by atoms with E-state index in [2.05, 4.69) is 4.98 Å². The van der Waals surface area contributed by atoms with Gasteiger partial charge in [0.05, 0.1) is 16.5 Å². The minimum atomic E-state index is -0.593. The molecule has 0 aliphatic carbocycles. The van der Waals surface area contributed by atoms with Gasteiger partial charge in [-0.1, -0.05) is 6.42 Å². The number of ether oxygens (including phenoxy) is 1. The predicted octanol–water partition coefficient (Wildman–Crippen LogP) is 2.93. The van der Waals surface area contributed by atoms with Gasteiger partial charge in [0.25, 0.3) is 11.5 Å². The van der Waals surface area contributed by atoms with Crippen LogP contribution < -0.4 is 5.56 Å². The molecule has 0 saturated heterocycles. The summed E-state index contributed by atoms with van der Waals surface area (Å²) >= 11 is 0. The van der Waals surface area contributed by atoms with Crippen molar-refractivity contribution >= 4 is 22.8 Å². The zero-order valence-electron chi connectivity index (χ0n) is 17.6. The van der Waals surface area contributed by atoms with Crippen LogP contribution in [-0.2, 0) is 22.5 Å².